The van der Waals surface area contributed by atoms with Crippen LogP contribution >= 0.6 is 0 Å². The van der Waals surface area contributed by atoms with E-state index in [2.05, 4.69) is 15.2 Å². The molecule has 4 nitrogen and oxygen atoms in total. The second kappa shape index (κ2) is 6.14. The van der Waals surface area contributed by atoms with Gasteiger partial charge < -0.3 is 5.32 Å². The number of likely N-dealkylation sites (tertiary alicyclic amines) is 1. The number of carbonyl (C=O) groups is 1. The first-order valence-electron chi connectivity index (χ1n) is 8.16. The number of amides is 1. The normalized spacial score (nSPS) is 21.6. The highest BCUT2D eigenvalue weighted by Crippen LogP contribution is 2.36. The number of nitrogens with one attached hydrogen (secondary N) is 1. The van der Waals surface area contributed by atoms with Crippen molar-refractivity contribution in [2.75, 3.05) is 19.6 Å². The van der Waals surface area contributed by atoms with Crippen molar-refractivity contribution in [2.45, 2.75) is 51.0 Å². The van der Waals surface area contributed by atoms with Gasteiger partial charge in [0.1, 0.15) is 0 Å². The molecule has 0 unspecified atom stereocenters. The largest absolute Gasteiger partial charge is 0.350 e. The molecule has 1 aromatic heterocycles. The molecule has 1 amide bonds. The molecule has 3 rings (SSSR count). The Balaban J connectivity index is 1.67. The lowest BCUT2D eigenvalue weighted by molar-refractivity contribution is 0.0859. The van der Waals surface area contributed by atoms with Crippen LogP contribution in [0, 0.1) is 6.92 Å². The van der Waals surface area contributed by atoms with Crippen molar-refractivity contribution in [3.8, 4) is 0 Å². The number of aromatic nitrogens is 1. The Kier molecular flexibility index (Phi) is 4.24. The number of carbonyl (C=O) groups excluding carboxylic acids is 1. The fourth-order valence-corrected chi connectivity index (χ4v) is 3.89. The van der Waals surface area contributed by atoms with Gasteiger partial charge in [-0.05, 0) is 57.8 Å². The quantitative estimate of drug-likeness (QED) is 0.925. The van der Waals surface area contributed by atoms with E-state index in [1.54, 1.807) is 6.20 Å². The summed E-state index contributed by atoms with van der Waals surface area (Å²) < 4.78 is 0. The number of hydrogen-bond donors (Lipinski definition) is 1. The zero-order valence-electron chi connectivity index (χ0n) is 12.9. The van der Waals surface area contributed by atoms with Crippen molar-refractivity contribution in [1.82, 2.24) is 15.2 Å². The lowest BCUT2D eigenvalue weighted by Crippen LogP contribution is -2.53. The first-order valence-corrected chi connectivity index (χ1v) is 8.16. The Morgan fingerprint density at radius 3 is 2.67 bits per heavy atom. The molecule has 0 spiro atoms. The Morgan fingerprint density at radius 1 is 1.29 bits per heavy atom. The molecule has 0 radical (unpaired) electrons. The molecule has 21 heavy (non-hydrogen) atoms. The minimum absolute atomic E-state index is 0.0195. The molecular formula is C17H25N3O. The van der Waals surface area contributed by atoms with Gasteiger partial charge in [0, 0.05) is 24.0 Å². The number of hydrogen-bond acceptors (Lipinski definition) is 3. The SMILES string of the molecule is Cc1ncccc1C(=O)NCC1(N2CCCC2)CCCC1. The van der Waals surface area contributed by atoms with E-state index in [1.165, 1.54) is 51.6 Å². The average molecular weight is 287 g/mol. The highest BCUT2D eigenvalue weighted by atomic mass is 16.1. The summed E-state index contributed by atoms with van der Waals surface area (Å²) in [6.07, 6.45) is 9.36. The molecule has 4 heteroatoms. The monoisotopic (exact) mass is 287 g/mol. The Hall–Kier alpha value is -1.42. The standard InChI is InChI=1S/C17H25N3O/c1-14-15(7-6-10-18-14)16(21)19-13-17(8-2-3-9-17)20-11-4-5-12-20/h6-7,10H,2-5,8-9,11-13H2,1H3,(H,19,21). The number of aryl methyl sites for hydroxylation is 1. The first-order chi connectivity index (χ1) is 10.2. The van der Waals surface area contributed by atoms with Gasteiger partial charge in [0.25, 0.3) is 5.91 Å². The summed E-state index contributed by atoms with van der Waals surface area (Å²) in [6, 6.07) is 3.68. The summed E-state index contributed by atoms with van der Waals surface area (Å²) in [5.41, 5.74) is 1.71. The van der Waals surface area contributed by atoms with Crippen LogP contribution < -0.4 is 5.32 Å². The van der Waals surface area contributed by atoms with Crippen molar-refractivity contribution in [2.24, 2.45) is 0 Å². The van der Waals surface area contributed by atoms with Crippen LogP contribution in [0.5, 0.6) is 0 Å². The third kappa shape index (κ3) is 2.95. The molecule has 0 aromatic carbocycles. The van der Waals surface area contributed by atoms with Gasteiger partial charge in [0.05, 0.1) is 5.56 Å². The van der Waals surface area contributed by atoms with Crippen LogP contribution in [0.25, 0.3) is 0 Å². The molecule has 2 aliphatic rings. The smallest absolute Gasteiger partial charge is 0.253 e. The Morgan fingerprint density at radius 2 is 2.00 bits per heavy atom. The minimum Gasteiger partial charge on any atom is -0.350 e. The van der Waals surface area contributed by atoms with Gasteiger partial charge in [0.2, 0.25) is 0 Å². The van der Waals surface area contributed by atoms with Gasteiger partial charge in [0.15, 0.2) is 0 Å². The maximum Gasteiger partial charge on any atom is 0.253 e. The maximum absolute atomic E-state index is 12.4. The van der Waals surface area contributed by atoms with E-state index in [9.17, 15) is 4.79 Å². The molecule has 114 valence electrons. The van der Waals surface area contributed by atoms with Crippen molar-refractivity contribution >= 4 is 5.91 Å². The summed E-state index contributed by atoms with van der Waals surface area (Å²) in [6.45, 7) is 5.06. The van der Waals surface area contributed by atoms with E-state index in [0.29, 0.717) is 5.56 Å². The lowest BCUT2D eigenvalue weighted by Gasteiger charge is -2.39. The second-order valence-electron chi connectivity index (χ2n) is 6.44. The van der Waals surface area contributed by atoms with E-state index in [4.69, 9.17) is 0 Å². The van der Waals surface area contributed by atoms with E-state index in [0.717, 1.165) is 12.2 Å². The summed E-state index contributed by atoms with van der Waals surface area (Å²) in [5.74, 6) is 0.0195. The maximum atomic E-state index is 12.4. The number of pyridine rings is 1. The summed E-state index contributed by atoms with van der Waals surface area (Å²) >= 11 is 0. The van der Waals surface area contributed by atoms with Crippen LogP contribution in [0.3, 0.4) is 0 Å². The molecule has 1 aromatic rings. The average Bonchev–Trinajstić information content (AvgIpc) is 3.17. The first kappa shape index (κ1) is 14.5. The lowest BCUT2D eigenvalue weighted by atomic mass is 9.95. The highest BCUT2D eigenvalue weighted by molar-refractivity contribution is 5.95. The van der Waals surface area contributed by atoms with Crippen LogP contribution in [0.2, 0.25) is 0 Å². The van der Waals surface area contributed by atoms with Crippen LogP contribution in [-0.2, 0) is 0 Å². The van der Waals surface area contributed by atoms with Crippen LogP contribution in [0.1, 0.15) is 54.6 Å². The van der Waals surface area contributed by atoms with E-state index >= 15 is 0 Å². The van der Waals surface area contributed by atoms with E-state index in [-0.39, 0.29) is 11.4 Å². The summed E-state index contributed by atoms with van der Waals surface area (Å²) in [4.78, 5) is 19.2. The molecule has 1 saturated heterocycles. The van der Waals surface area contributed by atoms with Crippen molar-refractivity contribution in [3.63, 3.8) is 0 Å². The van der Waals surface area contributed by atoms with Crippen molar-refractivity contribution in [3.05, 3.63) is 29.6 Å². The molecular weight excluding hydrogens is 262 g/mol. The second-order valence-corrected chi connectivity index (χ2v) is 6.44. The fourth-order valence-electron chi connectivity index (χ4n) is 3.89. The third-order valence-corrected chi connectivity index (χ3v) is 5.14. The molecule has 1 N–H and O–H groups in total. The Bertz CT molecular complexity index is 503. The van der Waals surface area contributed by atoms with Gasteiger partial charge in [-0.3, -0.25) is 14.7 Å². The molecule has 1 aliphatic heterocycles. The zero-order valence-corrected chi connectivity index (χ0v) is 12.9. The van der Waals surface area contributed by atoms with Crippen LogP contribution in [-0.4, -0.2) is 41.0 Å². The molecule has 1 aliphatic carbocycles. The minimum atomic E-state index is 0.0195. The van der Waals surface area contributed by atoms with Crippen molar-refractivity contribution in [1.29, 1.82) is 0 Å². The van der Waals surface area contributed by atoms with E-state index in [1.807, 2.05) is 19.1 Å². The van der Waals surface area contributed by atoms with Gasteiger partial charge in [-0.2, -0.15) is 0 Å². The van der Waals surface area contributed by atoms with Crippen LogP contribution in [0.15, 0.2) is 18.3 Å². The van der Waals surface area contributed by atoms with E-state index < -0.39 is 0 Å². The van der Waals surface area contributed by atoms with Gasteiger partial charge in [-0.1, -0.05) is 12.8 Å². The van der Waals surface area contributed by atoms with Gasteiger partial charge in [-0.25, -0.2) is 0 Å². The predicted molar refractivity (Wildman–Crippen MR) is 83.3 cm³/mol. The highest BCUT2D eigenvalue weighted by Gasteiger charge is 2.40. The molecule has 0 atom stereocenters. The topological polar surface area (TPSA) is 45.2 Å². The number of nitrogens with zero attached hydrogens (tertiary/aromatic N) is 2. The summed E-state index contributed by atoms with van der Waals surface area (Å²) in [7, 11) is 0. The fraction of sp³-hybridized carbons (Fsp3) is 0.647. The molecule has 2 heterocycles. The van der Waals surface area contributed by atoms with Gasteiger partial charge >= 0.3 is 0 Å². The number of rotatable bonds is 4. The molecule has 0 bridgehead atoms. The Labute approximate surface area is 126 Å². The third-order valence-electron chi connectivity index (χ3n) is 5.14. The zero-order chi connectivity index (χ0) is 14.7. The molecule has 1 saturated carbocycles. The summed E-state index contributed by atoms with van der Waals surface area (Å²) in [5, 5.41) is 3.18. The molecule has 2 fully saturated rings. The van der Waals surface area contributed by atoms with Crippen molar-refractivity contribution < 1.29 is 4.79 Å². The van der Waals surface area contributed by atoms with Gasteiger partial charge in [-0.15, -0.1) is 0 Å². The predicted octanol–water partition coefficient (Wildman–Crippen LogP) is 2.53. The van der Waals surface area contributed by atoms with Crippen LogP contribution in [0.4, 0.5) is 0 Å².